The molecule has 226 valence electrons. The molecule has 0 fully saturated rings. The molecular formula is C41H49BN2. The van der Waals surface area contributed by atoms with E-state index in [0.717, 1.165) is 45.1 Å². The largest absolute Gasteiger partial charge is 0.382 e. The van der Waals surface area contributed by atoms with E-state index in [1.807, 2.05) is 0 Å². The van der Waals surface area contributed by atoms with Gasteiger partial charge in [0.1, 0.15) is 0 Å². The van der Waals surface area contributed by atoms with Gasteiger partial charge in [0.05, 0.1) is 5.69 Å². The second-order valence-corrected chi connectivity index (χ2v) is 14.3. The molecule has 1 N–H and O–H groups in total. The number of benzene rings is 2. The highest BCUT2D eigenvalue weighted by molar-refractivity contribution is 6.89. The lowest BCUT2D eigenvalue weighted by Crippen LogP contribution is -2.46. The molecule has 0 amide bonds. The molecular weight excluding hydrogens is 531 g/mol. The molecule has 2 nitrogen and oxygen atoms in total. The van der Waals surface area contributed by atoms with E-state index in [0.29, 0.717) is 0 Å². The Labute approximate surface area is 266 Å². The predicted molar refractivity (Wildman–Crippen MR) is 195 cm³/mol. The molecule has 0 unspecified atom stereocenters. The van der Waals surface area contributed by atoms with E-state index >= 15 is 0 Å². The molecule has 2 aliphatic carbocycles. The van der Waals surface area contributed by atoms with Gasteiger partial charge in [-0.2, -0.15) is 0 Å². The number of aryl methyl sites for hydroxylation is 1. The summed E-state index contributed by atoms with van der Waals surface area (Å²) in [4.78, 5) is 2.68. The Hall–Kier alpha value is -3.72. The molecule has 2 heterocycles. The van der Waals surface area contributed by atoms with Gasteiger partial charge in [0.15, 0.2) is 0 Å². The molecule has 4 aliphatic rings. The van der Waals surface area contributed by atoms with Crippen molar-refractivity contribution in [1.29, 1.82) is 0 Å². The molecule has 44 heavy (non-hydrogen) atoms. The molecule has 6 rings (SSSR count). The van der Waals surface area contributed by atoms with Crippen LogP contribution in [0.5, 0.6) is 0 Å². The average molecular weight is 581 g/mol. The van der Waals surface area contributed by atoms with E-state index in [-0.39, 0.29) is 12.1 Å². The van der Waals surface area contributed by atoms with Crippen molar-refractivity contribution in [2.75, 3.05) is 16.8 Å². The highest BCUT2D eigenvalue weighted by atomic mass is 15.2. The van der Waals surface area contributed by atoms with E-state index in [4.69, 9.17) is 0 Å². The number of rotatable bonds is 2. The zero-order valence-electron chi connectivity index (χ0n) is 28.0. The lowest BCUT2D eigenvalue weighted by Gasteiger charge is -2.42. The summed E-state index contributed by atoms with van der Waals surface area (Å²) in [6, 6.07) is 12.0. The Morgan fingerprint density at radius 2 is 1.73 bits per heavy atom. The van der Waals surface area contributed by atoms with Crippen LogP contribution in [0.3, 0.4) is 0 Å². The highest BCUT2D eigenvalue weighted by Gasteiger charge is 2.41. The van der Waals surface area contributed by atoms with Crippen molar-refractivity contribution in [2.45, 2.75) is 92.4 Å². The first-order valence-electron chi connectivity index (χ1n) is 16.7. The number of allylic oxidation sites excluding steroid dienone is 12. The molecule has 2 aromatic rings. The number of nitrogens with zero attached hydrogens (tertiary/aromatic N) is 1. The van der Waals surface area contributed by atoms with Crippen LogP contribution in [-0.4, -0.2) is 13.3 Å². The van der Waals surface area contributed by atoms with Crippen molar-refractivity contribution in [3.05, 3.63) is 123 Å². The van der Waals surface area contributed by atoms with Crippen LogP contribution in [0.4, 0.5) is 17.1 Å². The minimum Gasteiger partial charge on any atom is -0.382 e. The third-order valence-electron chi connectivity index (χ3n) is 9.64. The summed E-state index contributed by atoms with van der Waals surface area (Å²) in [5.41, 5.74) is 18.2. The number of fused-ring (bicyclic) bond motifs is 2. The molecule has 0 saturated carbocycles. The number of hydrogen-bond donors (Lipinski definition) is 1. The lowest BCUT2D eigenvalue weighted by molar-refractivity contribution is 0.590. The van der Waals surface area contributed by atoms with Gasteiger partial charge < -0.3 is 10.2 Å². The van der Waals surface area contributed by atoms with E-state index in [2.05, 4.69) is 138 Å². The van der Waals surface area contributed by atoms with Crippen LogP contribution in [0, 0.1) is 0 Å². The lowest BCUT2D eigenvalue weighted by atomic mass is 9.32. The normalized spacial score (nSPS) is 21.9. The van der Waals surface area contributed by atoms with Crippen LogP contribution in [0.1, 0.15) is 97.3 Å². The van der Waals surface area contributed by atoms with Crippen molar-refractivity contribution in [3.8, 4) is 0 Å². The minimum absolute atomic E-state index is 0.0113. The van der Waals surface area contributed by atoms with Gasteiger partial charge in [0.2, 0.25) is 6.71 Å². The number of anilines is 3. The molecule has 2 aliphatic heterocycles. The fourth-order valence-corrected chi connectivity index (χ4v) is 7.33. The molecule has 0 bridgehead atoms. The smallest absolute Gasteiger partial charge is 0.244 e. The second-order valence-electron chi connectivity index (χ2n) is 14.3. The van der Waals surface area contributed by atoms with Gasteiger partial charge >= 0.3 is 0 Å². The van der Waals surface area contributed by atoms with Gasteiger partial charge in [-0.3, -0.25) is 0 Å². The maximum absolute atomic E-state index is 3.95. The summed E-state index contributed by atoms with van der Waals surface area (Å²) in [5.74, 6) is 0. The van der Waals surface area contributed by atoms with Crippen molar-refractivity contribution in [1.82, 2.24) is 0 Å². The second kappa shape index (κ2) is 12.3. The molecule has 2 aromatic carbocycles. The summed E-state index contributed by atoms with van der Waals surface area (Å²) in [6.07, 6.45) is 25.3. The standard InChI is InChI=1S/C41H49BN2/c1-28(2)25-35-30(4)23-22-29(3)15-14-24-43-36-26-32(41(5,6)7)27-39-40(36)42(35)34-19-9-8-10-20-38(34)44(39)37-21-13-17-31-16-11-12-18-33(31)37/h8-9,12-15,17-18,21-22,25-27,43H,10-11,16,19-20,23-24H2,1-7H3/b15-14-,29-22-,35-30-. The van der Waals surface area contributed by atoms with Crippen molar-refractivity contribution >= 4 is 35.3 Å². The third kappa shape index (κ3) is 5.86. The van der Waals surface area contributed by atoms with Crippen LogP contribution >= 0.6 is 0 Å². The summed E-state index contributed by atoms with van der Waals surface area (Å²) in [7, 11) is 0. The SMILES string of the molecule is CC(C)=C/C1=C(\C)C/C=C(C)\C=C/CNc2cc(C(C)(C)C)cc3c2B1C1=C(CCC=CC1)N3c1cccc2c1C=CCC2. The zero-order chi connectivity index (χ0) is 31.0. The quantitative estimate of drug-likeness (QED) is 0.281. The molecule has 0 radical (unpaired) electrons. The highest BCUT2D eigenvalue weighted by Crippen LogP contribution is 2.46. The topological polar surface area (TPSA) is 15.3 Å². The Morgan fingerprint density at radius 1 is 0.909 bits per heavy atom. The average Bonchev–Trinajstić information content (AvgIpc) is 3.24. The summed E-state index contributed by atoms with van der Waals surface area (Å²) >= 11 is 0. The molecule has 0 saturated heterocycles. The Balaban J connectivity index is 1.75. The van der Waals surface area contributed by atoms with Gasteiger partial charge in [-0.1, -0.05) is 109 Å². The first-order valence-corrected chi connectivity index (χ1v) is 16.7. The number of nitrogens with one attached hydrogen (secondary N) is 1. The monoisotopic (exact) mass is 580 g/mol. The Kier molecular flexibility index (Phi) is 8.51. The van der Waals surface area contributed by atoms with Crippen LogP contribution in [0.25, 0.3) is 6.08 Å². The first-order chi connectivity index (χ1) is 21.1. The summed E-state index contributed by atoms with van der Waals surface area (Å²) in [5, 5.41) is 3.95. The van der Waals surface area contributed by atoms with Crippen LogP contribution in [-0.2, 0) is 11.8 Å². The first kappa shape index (κ1) is 30.3. The fraction of sp³-hybridized carbons (Fsp3) is 0.366. The minimum atomic E-state index is 0.0113. The van der Waals surface area contributed by atoms with E-state index in [1.165, 1.54) is 67.1 Å². The van der Waals surface area contributed by atoms with Gasteiger partial charge in [0.25, 0.3) is 0 Å². The predicted octanol–water partition coefficient (Wildman–Crippen LogP) is 10.5. The van der Waals surface area contributed by atoms with Crippen molar-refractivity contribution in [2.24, 2.45) is 0 Å². The van der Waals surface area contributed by atoms with Gasteiger partial charge in [-0.05, 0) is 106 Å². The number of hydrogen-bond acceptors (Lipinski definition) is 2. The molecule has 0 aromatic heterocycles. The van der Waals surface area contributed by atoms with Crippen LogP contribution in [0.15, 0.2) is 106 Å². The Bertz CT molecular complexity index is 1680. The van der Waals surface area contributed by atoms with Crippen LogP contribution in [0.2, 0.25) is 0 Å². The zero-order valence-corrected chi connectivity index (χ0v) is 28.0. The maximum atomic E-state index is 3.95. The van der Waals surface area contributed by atoms with Crippen molar-refractivity contribution < 1.29 is 0 Å². The maximum Gasteiger partial charge on any atom is 0.244 e. The van der Waals surface area contributed by atoms with Gasteiger partial charge in [0, 0.05) is 29.2 Å². The van der Waals surface area contributed by atoms with Gasteiger partial charge in [-0.25, -0.2) is 0 Å². The third-order valence-corrected chi connectivity index (χ3v) is 9.64. The fourth-order valence-electron chi connectivity index (χ4n) is 7.33. The molecule has 3 heteroatoms. The Morgan fingerprint density at radius 3 is 2.52 bits per heavy atom. The van der Waals surface area contributed by atoms with E-state index < -0.39 is 0 Å². The van der Waals surface area contributed by atoms with E-state index in [1.54, 1.807) is 5.47 Å². The van der Waals surface area contributed by atoms with E-state index in [9.17, 15) is 0 Å². The van der Waals surface area contributed by atoms with Crippen molar-refractivity contribution in [3.63, 3.8) is 0 Å². The van der Waals surface area contributed by atoms with Gasteiger partial charge in [-0.15, -0.1) is 0 Å². The summed E-state index contributed by atoms with van der Waals surface area (Å²) in [6.45, 7) is 17.1. The molecule has 0 atom stereocenters. The molecule has 0 spiro atoms. The van der Waals surface area contributed by atoms with Crippen LogP contribution < -0.4 is 15.7 Å². The summed E-state index contributed by atoms with van der Waals surface area (Å²) < 4.78 is 0.